The minimum atomic E-state index is -0.531. The number of benzene rings is 1. The number of aromatic nitrogens is 2. The van der Waals surface area contributed by atoms with E-state index in [1.807, 2.05) is 45.0 Å². The molecule has 5 heteroatoms. The van der Waals surface area contributed by atoms with Crippen molar-refractivity contribution in [3.8, 4) is 23.6 Å². The largest absolute Gasteiger partial charge is 0.444 e. The van der Waals surface area contributed by atoms with Crippen molar-refractivity contribution in [2.75, 3.05) is 6.54 Å². The number of aromatic amines is 1. The number of hydrogen-bond donors (Lipinski definition) is 1. The van der Waals surface area contributed by atoms with Gasteiger partial charge < -0.3 is 9.72 Å². The summed E-state index contributed by atoms with van der Waals surface area (Å²) >= 11 is 0. The fourth-order valence-corrected chi connectivity index (χ4v) is 3.46. The van der Waals surface area contributed by atoms with Crippen LogP contribution in [0.3, 0.4) is 0 Å². The van der Waals surface area contributed by atoms with Gasteiger partial charge in [0.05, 0.1) is 11.9 Å². The molecular formula is C23H25N3O2. The number of H-pyrrole nitrogens is 1. The third kappa shape index (κ3) is 3.82. The Morgan fingerprint density at radius 2 is 2.00 bits per heavy atom. The van der Waals surface area contributed by atoms with Gasteiger partial charge in [-0.3, -0.25) is 4.90 Å². The standard InChI is InChI=1S/C23H25N3O2/c1-5-15-6-8-17(9-7-15)19-13-24-21(25-19)20-12-18(16-10-11-16)14-26(20)22(27)28-23(2,3)4/h1,6-9,12-13,16,20H,10-11,14H2,2-4H3,(H,24,25). The second-order valence-corrected chi connectivity index (χ2v) is 8.47. The van der Waals surface area contributed by atoms with Crippen molar-refractivity contribution < 1.29 is 9.53 Å². The summed E-state index contributed by atoms with van der Waals surface area (Å²) in [6.45, 7) is 6.26. The number of amides is 1. The highest BCUT2D eigenvalue weighted by atomic mass is 16.6. The molecule has 1 aliphatic carbocycles. The van der Waals surface area contributed by atoms with E-state index in [2.05, 4.69) is 22.0 Å². The second kappa shape index (κ2) is 6.87. The Bertz CT molecular complexity index is 953. The Kier molecular flexibility index (Phi) is 4.50. The molecule has 5 nitrogen and oxygen atoms in total. The molecule has 0 spiro atoms. The highest BCUT2D eigenvalue weighted by molar-refractivity contribution is 5.71. The molecule has 2 heterocycles. The molecule has 1 aromatic carbocycles. The quantitative estimate of drug-likeness (QED) is 0.626. The lowest BCUT2D eigenvalue weighted by Gasteiger charge is -2.28. The van der Waals surface area contributed by atoms with Gasteiger partial charge >= 0.3 is 6.09 Å². The molecule has 2 aromatic rings. The minimum Gasteiger partial charge on any atom is -0.444 e. The molecule has 144 valence electrons. The topological polar surface area (TPSA) is 58.2 Å². The van der Waals surface area contributed by atoms with Gasteiger partial charge in [0.25, 0.3) is 0 Å². The normalized spacial score (nSPS) is 19.3. The number of terminal acetylenes is 1. The Balaban J connectivity index is 1.60. The van der Waals surface area contributed by atoms with Crippen molar-refractivity contribution >= 4 is 6.09 Å². The fourth-order valence-electron chi connectivity index (χ4n) is 3.46. The van der Waals surface area contributed by atoms with Crippen LogP contribution in [-0.4, -0.2) is 33.1 Å². The van der Waals surface area contributed by atoms with Gasteiger partial charge in [0.2, 0.25) is 0 Å². The van der Waals surface area contributed by atoms with Gasteiger partial charge in [0.1, 0.15) is 17.5 Å². The molecule has 1 aromatic heterocycles. The lowest BCUT2D eigenvalue weighted by atomic mass is 10.1. The fraction of sp³-hybridized carbons (Fsp3) is 0.391. The van der Waals surface area contributed by atoms with Crippen LogP contribution in [0.5, 0.6) is 0 Å². The van der Waals surface area contributed by atoms with Crippen LogP contribution in [0.2, 0.25) is 0 Å². The molecule has 0 radical (unpaired) electrons. The van der Waals surface area contributed by atoms with Gasteiger partial charge in [-0.05, 0) is 62.8 Å². The summed E-state index contributed by atoms with van der Waals surface area (Å²) in [5, 5.41) is 0. The molecule has 1 unspecified atom stereocenters. The first-order chi connectivity index (χ1) is 13.3. The third-order valence-electron chi connectivity index (χ3n) is 5.03. The van der Waals surface area contributed by atoms with Crippen molar-refractivity contribution in [2.45, 2.75) is 45.3 Å². The Labute approximate surface area is 165 Å². The number of nitrogens with zero attached hydrogens (tertiary/aromatic N) is 2. The molecule has 4 rings (SSSR count). The number of imidazole rings is 1. The predicted octanol–water partition coefficient (Wildman–Crippen LogP) is 4.69. The molecule has 1 amide bonds. The van der Waals surface area contributed by atoms with Gasteiger partial charge in [-0.1, -0.05) is 24.1 Å². The van der Waals surface area contributed by atoms with Crippen LogP contribution in [-0.2, 0) is 4.74 Å². The van der Waals surface area contributed by atoms with Crippen molar-refractivity contribution in [1.82, 2.24) is 14.9 Å². The zero-order valence-electron chi connectivity index (χ0n) is 16.5. The number of rotatable bonds is 3. The van der Waals surface area contributed by atoms with Gasteiger partial charge in [0, 0.05) is 12.1 Å². The summed E-state index contributed by atoms with van der Waals surface area (Å²) in [6, 6.07) is 7.52. The Morgan fingerprint density at radius 3 is 2.61 bits per heavy atom. The van der Waals surface area contributed by atoms with Gasteiger partial charge in [0.15, 0.2) is 0 Å². The van der Waals surface area contributed by atoms with Gasteiger partial charge in [-0.2, -0.15) is 0 Å². The molecule has 1 saturated carbocycles. The number of carbonyl (C=O) groups excluding carboxylic acids is 1. The minimum absolute atomic E-state index is 0.232. The van der Waals surface area contributed by atoms with E-state index in [0.29, 0.717) is 12.5 Å². The first kappa shape index (κ1) is 18.4. The first-order valence-electron chi connectivity index (χ1n) is 9.66. The maximum atomic E-state index is 12.8. The molecule has 2 aliphatic rings. The molecule has 1 aliphatic heterocycles. The Hall–Kier alpha value is -3.00. The van der Waals surface area contributed by atoms with Crippen LogP contribution >= 0.6 is 0 Å². The summed E-state index contributed by atoms with van der Waals surface area (Å²) in [6.07, 6.45) is 11.5. The number of nitrogens with one attached hydrogen (secondary N) is 1. The monoisotopic (exact) mass is 375 g/mol. The van der Waals surface area contributed by atoms with E-state index >= 15 is 0 Å². The van der Waals surface area contributed by atoms with E-state index in [4.69, 9.17) is 11.2 Å². The summed E-state index contributed by atoms with van der Waals surface area (Å²) < 4.78 is 5.63. The summed E-state index contributed by atoms with van der Waals surface area (Å²) in [5.41, 5.74) is 3.53. The molecule has 0 saturated heterocycles. The average molecular weight is 375 g/mol. The Morgan fingerprint density at radius 1 is 1.29 bits per heavy atom. The van der Waals surface area contributed by atoms with E-state index in [1.165, 1.54) is 18.4 Å². The van der Waals surface area contributed by atoms with E-state index in [-0.39, 0.29) is 12.1 Å². The molecule has 1 N–H and O–H groups in total. The lowest BCUT2D eigenvalue weighted by Crippen LogP contribution is -2.37. The van der Waals surface area contributed by atoms with Gasteiger partial charge in [-0.25, -0.2) is 9.78 Å². The van der Waals surface area contributed by atoms with Crippen LogP contribution in [0.25, 0.3) is 11.3 Å². The van der Waals surface area contributed by atoms with Crippen molar-refractivity contribution in [1.29, 1.82) is 0 Å². The second-order valence-electron chi connectivity index (χ2n) is 8.47. The maximum Gasteiger partial charge on any atom is 0.411 e. The van der Waals surface area contributed by atoms with E-state index < -0.39 is 5.60 Å². The highest BCUT2D eigenvalue weighted by Crippen LogP contribution is 2.43. The SMILES string of the molecule is C#Cc1ccc(-c2cnc(C3C=C(C4CC4)CN3C(=O)OC(C)(C)C)[nH]2)cc1. The van der Waals surface area contributed by atoms with Gasteiger partial charge in [-0.15, -0.1) is 6.42 Å². The number of carbonyl (C=O) groups is 1. The zero-order valence-corrected chi connectivity index (χ0v) is 16.5. The molecule has 1 fully saturated rings. The summed E-state index contributed by atoms with van der Waals surface area (Å²) in [4.78, 5) is 22.5. The van der Waals surface area contributed by atoms with Crippen molar-refractivity contribution in [3.05, 3.63) is 53.5 Å². The molecule has 0 bridgehead atoms. The zero-order chi connectivity index (χ0) is 19.9. The van der Waals surface area contributed by atoms with Crippen LogP contribution in [0, 0.1) is 18.3 Å². The molecular weight excluding hydrogens is 350 g/mol. The third-order valence-corrected chi connectivity index (χ3v) is 5.03. The van der Waals surface area contributed by atoms with E-state index in [9.17, 15) is 4.79 Å². The number of ether oxygens (including phenoxy) is 1. The smallest absolute Gasteiger partial charge is 0.411 e. The highest BCUT2D eigenvalue weighted by Gasteiger charge is 2.39. The predicted molar refractivity (Wildman–Crippen MR) is 108 cm³/mol. The van der Waals surface area contributed by atoms with Crippen LogP contribution in [0.15, 0.2) is 42.1 Å². The van der Waals surface area contributed by atoms with E-state index in [1.54, 1.807) is 11.1 Å². The molecule has 28 heavy (non-hydrogen) atoms. The van der Waals surface area contributed by atoms with Crippen molar-refractivity contribution in [3.63, 3.8) is 0 Å². The van der Waals surface area contributed by atoms with E-state index in [0.717, 1.165) is 22.6 Å². The summed E-state index contributed by atoms with van der Waals surface area (Å²) in [7, 11) is 0. The molecule has 1 atom stereocenters. The van der Waals surface area contributed by atoms with Crippen LogP contribution in [0.1, 0.15) is 51.0 Å². The lowest BCUT2D eigenvalue weighted by molar-refractivity contribution is 0.0231. The van der Waals surface area contributed by atoms with Crippen molar-refractivity contribution in [2.24, 2.45) is 5.92 Å². The van der Waals surface area contributed by atoms with Crippen LogP contribution in [0.4, 0.5) is 4.79 Å². The van der Waals surface area contributed by atoms with Crippen LogP contribution < -0.4 is 0 Å². The first-order valence-corrected chi connectivity index (χ1v) is 9.66. The average Bonchev–Trinajstić information content (AvgIpc) is 3.21. The summed E-state index contributed by atoms with van der Waals surface area (Å²) in [5.74, 6) is 3.97. The number of hydrogen-bond acceptors (Lipinski definition) is 3. The maximum absolute atomic E-state index is 12.8.